The predicted molar refractivity (Wildman–Crippen MR) is 128 cm³/mol. The van der Waals surface area contributed by atoms with Crippen molar-refractivity contribution in [1.29, 1.82) is 0 Å². The Bertz CT molecular complexity index is 1270. The number of anilines is 3. The van der Waals surface area contributed by atoms with Gasteiger partial charge in [-0.25, -0.2) is 4.90 Å². The van der Waals surface area contributed by atoms with E-state index < -0.39 is 11.8 Å². The first-order valence-electron chi connectivity index (χ1n) is 10.1. The number of hydrogen-bond donors (Lipinski definition) is 2. The normalized spacial score (nSPS) is 13.4. The maximum atomic E-state index is 13.5. The molecule has 0 radical (unpaired) electrons. The summed E-state index contributed by atoms with van der Waals surface area (Å²) in [5.41, 5.74) is 2.39. The largest absolute Gasteiger partial charge is 0.497 e. The Hall–Kier alpha value is -4.10. The lowest BCUT2D eigenvalue weighted by molar-refractivity contribution is -0.120. The summed E-state index contributed by atoms with van der Waals surface area (Å²) in [4.78, 5) is 39.2. The van der Waals surface area contributed by atoms with E-state index in [-0.39, 0.29) is 22.2 Å². The highest BCUT2D eigenvalue weighted by atomic mass is 35.5. The Morgan fingerprint density at radius 2 is 1.52 bits per heavy atom. The van der Waals surface area contributed by atoms with E-state index in [4.69, 9.17) is 16.3 Å². The highest BCUT2D eigenvalue weighted by Crippen LogP contribution is 2.37. The molecule has 1 heterocycles. The number of carbonyl (C=O) groups excluding carboxylic acids is 3. The molecule has 3 aromatic rings. The van der Waals surface area contributed by atoms with E-state index in [1.807, 2.05) is 0 Å². The molecule has 3 aromatic carbocycles. The van der Waals surface area contributed by atoms with Crippen LogP contribution in [0.3, 0.4) is 0 Å². The maximum absolute atomic E-state index is 13.5. The van der Waals surface area contributed by atoms with Crippen molar-refractivity contribution >= 4 is 52.0 Å². The van der Waals surface area contributed by atoms with Crippen LogP contribution in [0.2, 0.25) is 5.02 Å². The summed E-state index contributed by atoms with van der Waals surface area (Å²) in [7, 11) is 1.55. The van der Waals surface area contributed by atoms with Crippen LogP contribution in [0.1, 0.15) is 12.5 Å². The van der Waals surface area contributed by atoms with Gasteiger partial charge in [-0.2, -0.15) is 0 Å². The Morgan fingerprint density at radius 3 is 2.12 bits per heavy atom. The van der Waals surface area contributed by atoms with Gasteiger partial charge in [-0.15, -0.1) is 0 Å². The van der Waals surface area contributed by atoms with Crippen LogP contribution < -0.4 is 20.3 Å². The van der Waals surface area contributed by atoms with E-state index in [2.05, 4.69) is 10.6 Å². The van der Waals surface area contributed by atoms with Gasteiger partial charge in [-0.3, -0.25) is 14.4 Å². The first kappa shape index (κ1) is 22.1. The summed E-state index contributed by atoms with van der Waals surface area (Å²) >= 11 is 6.30. The number of nitrogens with zero attached hydrogens (tertiary/aromatic N) is 1. The summed E-state index contributed by atoms with van der Waals surface area (Å²) in [6.07, 6.45) is 0. The van der Waals surface area contributed by atoms with Crippen LogP contribution in [-0.2, 0) is 14.4 Å². The van der Waals surface area contributed by atoms with Gasteiger partial charge in [-0.1, -0.05) is 35.9 Å². The third kappa shape index (κ3) is 4.44. The van der Waals surface area contributed by atoms with Crippen molar-refractivity contribution in [3.05, 3.63) is 89.1 Å². The van der Waals surface area contributed by atoms with E-state index in [1.165, 1.54) is 6.92 Å². The van der Waals surface area contributed by atoms with Gasteiger partial charge in [0.2, 0.25) is 5.91 Å². The molecule has 0 fully saturated rings. The average molecular weight is 462 g/mol. The van der Waals surface area contributed by atoms with Crippen molar-refractivity contribution in [2.45, 2.75) is 6.92 Å². The minimum Gasteiger partial charge on any atom is -0.497 e. The zero-order valence-corrected chi connectivity index (χ0v) is 18.6. The number of ether oxygens (including phenoxy) is 1. The molecule has 7 nitrogen and oxygen atoms in total. The SMILES string of the molecule is COc1ccc(C2=C(Nc3ccc(NC(C)=O)cc3)C(=O)N(c3ccccc3Cl)C2=O)cc1. The van der Waals surface area contributed by atoms with Crippen LogP contribution in [0.4, 0.5) is 17.1 Å². The van der Waals surface area contributed by atoms with Gasteiger partial charge in [-0.05, 0) is 54.1 Å². The van der Waals surface area contributed by atoms with E-state index >= 15 is 0 Å². The van der Waals surface area contributed by atoms with Gasteiger partial charge in [0, 0.05) is 18.3 Å². The molecular weight excluding hydrogens is 442 g/mol. The minimum absolute atomic E-state index is 0.123. The van der Waals surface area contributed by atoms with Crippen molar-refractivity contribution in [3.63, 3.8) is 0 Å². The molecule has 1 aliphatic heterocycles. The third-order valence-electron chi connectivity index (χ3n) is 5.03. The summed E-state index contributed by atoms with van der Waals surface area (Å²) in [5.74, 6) is -0.574. The highest BCUT2D eigenvalue weighted by Gasteiger charge is 2.41. The molecule has 0 spiro atoms. The predicted octanol–water partition coefficient (Wildman–Crippen LogP) is 4.70. The van der Waals surface area contributed by atoms with Crippen molar-refractivity contribution in [2.24, 2.45) is 0 Å². The van der Waals surface area contributed by atoms with E-state index in [1.54, 1.807) is 79.9 Å². The number of halogens is 1. The summed E-state index contributed by atoms with van der Waals surface area (Å²) < 4.78 is 5.21. The number of amides is 3. The monoisotopic (exact) mass is 461 g/mol. The molecule has 0 bridgehead atoms. The number of imide groups is 1. The van der Waals surface area contributed by atoms with E-state index in [0.717, 1.165) is 4.90 Å². The molecule has 0 aromatic heterocycles. The standard InChI is InChI=1S/C25H20ClN3O4/c1-15(30)27-17-9-11-18(12-10-17)28-23-22(16-7-13-19(33-2)14-8-16)24(31)29(25(23)32)21-6-4-3-5-20(21)26/h3-14,28H,1-2H3,(H,27,30). The third-order valence-corrected chi connectivity index (χ3v) is 5.35. The Kier molecular flexibility index (Phi) is 6.15. The lowest BCUT2D eigenvalue weighted by Gasteiger charge is -2.16. The number of hydrogen-bond acceptors (Lipinski definition) is 5. The number of carbonyl (C=O) groups is 3. The molecule has 4 rings (SSSR count). The topological polar surface area (TPSA) is 87.7 Å². The molecule has 0 unspecified atom stereocenters. The zero-order valence-electron chi connectivity index (χ0n) is 17.9. The summed E-state index contributed by atoms with van der Waals surface area (Å²) in [6, 6.07) is 20.4. The number of nitrogens with one attached hydrogen (secondary N) is 2. The number of methoxy groups -OCH3 is 1. The minimum atomic E-state index is -0.523. The fourth-order valence-electron chi connectivity index (χ4n) is 3.51. The Labute approximate surface area is 195 Å². The molecule has 2 N–H and O–H groups in total. The van der Waals surface area contributed by atoms with Crippen molar-refractivity contribution in [3.8, 4) is 5.75 Å². The molecule has 0 saturated carbocycles. The summed E-state index contributed by atoms with van der Waals surface area (Å²) in [6.45, 7) is 1.42. The van der Waals surface area contributed by atoms with Crippen molar-refractivity contribution < 1.29 is 19.1 Å². The van der Waals surface area contributed by atoms with Crippen molar-refractivity contribution in [2.75, 3.05) is 22.6 Å². The van der Waals surface area contributed by atoms with E-state index in [9.17, 15) is 14.4 Å². The Morgan fingerprint density at radius 1 is 0.879 bits per heavy atom. The van der Waals surface area contributed by atoms with E-state index in [0.29, 0.717) is 28.4 Å². The number of benzene rings is 3. The quantitative estimate of drug-likeness (QED) is 0.519. The number of para-hydroxylation sites is 1. The fraction of sp³-hybridized carbons (Fsp3) is 0.0800. The lowest BCUT2D eigenvalue weighted by Crippen LogP contribution is -2.32. The lowest BCUT2D eigenvalue weighted by atomic mass is 10.0. The molecule has 0 atom stereocenters. The van der Waals surface area contributed by atoms with Gasteiger partial charge in [0.25, 0.3) is 11.8 Å². The summed E-state index contributed by atoms with van der Waals surface area (Å²) in [5, 5.41) is 6.05. The van der Waals surface area contributed by atoms with Gasteiger partial charge < -0.3 is 15.4 Å². The molecular formula is C25H20ClN3O4. The van der Waals surface area contributed by atoms with Gasteiger partial charge in [0.1, 0.15) is 11.4 Å². The van der Waals surface area contributed by atoms with Crippen LogP contribution in [0.25, 0.3) is 5.57 Å². The van der Waals surface area contributed by atoms with Crippen LogP contribution in [0.5, 0.6) is 5.75 Å². The molecule has 33 heavy (non-hydrogen) atoms. The zero-order chi connectivity index (χ0) is 23.5. The molecule has 1 aliphatic rings. The van der Waals surface area contributed by atoms with Gasteiger partial charge in [0.15, 0.2) is 0 Å². The van der Waals surface area contributed by atoms with Crippen LogP contribution in [-0.4, -0.2) is 24.8 Å². The molecule has 3 amide bonds. The second-order valence-corrected chi connectivity index (χ2v) is 7.67. The molecule has 166 valence electrons. The second kappa shape index (κ2) is 9.18. The van der Waals surface area contributed by atoms with Crippen LogP contribution in [0, 0.1) is 0 Å². The van der Waals surface area contributed by atoms with Crippen molar-refractivity contribution in [1.82, 2.24) is 0 Å². The first-order valence-corrected chi connectivity index (χ1v) is 10.4. The Balaban J connectivity index is 1.76. The highest BCUT2D eigenvalue weighted by molar-refractivity contribution is 6.48. The first-order chi connectivity index (χ1) is 15.9. The van der Waals surface area contributed by atoms with Gasteiger partial charge in [0.05, 0.1) is 23.4 Å². The average Bonchev–Trinajstić information content (AvgIpc) is 3.04. The van der Waals surface area contributed by atoms with Crippen LogP contribution >= 0.6 is 11.6 Å². The van der Waals surface area contributed by atoms with Gasteiger partial charge >= 0.3 is 0 Å². The molecule has 8 heteroatoms. The number of rotatable bonds is 6. The molecule has 0 aliphatic carbocycles. The molecule has 0 saturated heterocycles. The fourth-order valence-corrected chi connectivity index (χ4v) is 3.73. The second-order valence-electron chi connectivity index (χ2n) is 7.26. The maximum Gasteiger partial charge on any atom is 0.282 e. The smallest absolute Gasteiger partial charge is 0.282 e. The van der Waals surface area contributed by atoms with Crippen LogP contribution in [0.15, 0.2) is 78.5 Å².